The molecule has 0 fully saturated rings. The van der Waals surface area contributed by atoms with Crippen molar-refractivity contribution in [3.8, 4) is 5.75 Å². The molecule has 1 aromatic carbocycles. The Kier molecular flexibility index (Phi) is 5.41. The average Bonchev–Trinajstić information content (AvgIpc) is 2.82. The molecule has 0 aliphatic carbocycles. The Morgan fingerprint density at radius 1 is 1.18 bits per heavy atom. The maximum atomic E-state index is 11.7. The highest BCUT2D eigenvalue weighted by Gasteiger charge is 2.09. The molecule has 0 saturated carbocycles. The summed E-state index contributed by atoms with van der Waals surface area (Å²) in [6, 6.07) is 7.55. The number of hydrogen-bond donors (Lipinski definition) is 2. The lowest BCUT2D eigenvalue weighted by atomic mass is 10.2. The number of amides is 2. The smallest absolute Gasteiger partial charge is 0.315 e. The number of nitrogens with zero attached hydrogens (tertiary/aromatic N) is 1. The molecule has 0 atom stereocenters. The lowest BCUT2D eigenvalue weighted by molar-refractivity contribution is 0.236. The highest BCUT2D eigenvalue weighted by Crippen LogP contribution is 2.11. The first-order valence-corrected chi connectivity index (χ1v) is 7.19. The van der Waals surface area contributed by atoms with Crippen LogP contribution in [0, 0.1) is 20.8 Å². The Morgan fingerprint density at radius 3 is 2.55 bits per heavy atom. The number of urea groups is 1. The van der Waals surface area contributed by atoms with Gasteiger partial charge < -0.3 is 19.9 Å². The van der Waals surface area contributed by atoms with Crippen LogP contribution >= 0.6 is 0 Å². The standard InChI is InChI=1S/C16H21N3O3/c1-11-4-6-14(7-5-11)21-9-8-17-16(20)18-10-15-12(2)19-22-13(15)3/h4-7H,8-10H2,1-3H3,(H2,17,18,20). The molecule has 2 rings (SSSR count). The third-order valence-electron chi connectivity index (χ3n) is 3.28. The Hall–Kier alpha value is -2.50. The molecule has 1 heterocycles. The number of aryl methyl sites for hydroxylation is 3. The number of carbonyl (C=O) groups excluding carboxylic acids is 1. The third-order valence-corrected chi connectivity index (χ3v) is 3.28. The second-order valence-corrected chi connectivity index (χ2v) is 5.07. The van der Waals surface area contributed by atoms with Crippen molar-refractivity contribution in [3.05, 3.63) is 46.8 Å². The quantitative estimate of drug-likeness (QED) is 0.804. The molecule has 0 spiro atoms. The molecule has 0 aliphatic heterocycles. The zero-order chi connectivity index (χ0) is 15.9. The predicted molar refractivity (Wildman–Crippen MR) is 82.9 cm³/mol. The normalized spacial score (nSPS) is 10.3. The van der Waals surface area contributed by atoms with Gasteiger partial charge in [-0.1, -0.05) is 22.9 Å². The molecule has 6 heteroatoms. The molecule has 2 aromatic rings. The summed E-state index contributed by atoms with van der Waals surface area (Å²) in [5, 5.41) is 9.35. The number of nitrogens with one attached hydrogen (secondary N) is 2. The number of rotatable bonds is 6. The minimum atomic E-state index is -0.243. The summed E-state index contributed by atoms with van der Waals surface area (Å²) >= 11 is 0. The Morgan fingerprint density at radius 2 is 1.91 bits per heavy atom. The summed E-state index contributed by atoms with van der Waals surface area (Å²) in [5.41, 5.74) is 2.88. The topological polar surface area (TPSA) is 76.4 Å². The van der Waals surface area contributed by atoms with Gasteiger partial charge in [0.1, 0.15) is 18.1 Å². The van der Waals surface area contributed by atoms with Crippen LogP contribution in [-0.2, 0) is 6.54 Å². The van der Waals surface area contributed by atoms with Crippen molar-refractivity contribution in [2.45, 2.75) is 27.3 Å². The van der Waals surface area contributed by atoms with Crippen LogP contribution in [0.4, 0.5) is 4.79 Å². The molecule has 118 valence electrons. The van der Waals surface area contributed by atoms with Crippen molar-refractivity contribution in [1.29, 1.82) is 0 Å². The van der Waals surface area contributed by atoms with Gasteiger partial charge >= 0.3 is 6.03 Å². The van der Waals surface area contributed by atoms with Gasteiger partial charge in [0.15, 0.2) is 0 Å². The summed E-state index contributed by atoms with van der Waals surface area (Å²) in [6.45, 7) is 6.94. The van der Waals surface area contributed by atoms with E-state index in [0.717, 1.165) is 22.8 Å². The third kappa shape index (κ3) is 4.51. The predicted octanol–water partition coefficient (Wildman–Crippen LogP) is 2.48. The Bertz CT molecular complexity index is 601. The van der Waals surface area contributed by atoms with Crippen LogP contribution in [0.15, 0.2) is 28.8 Å². The van der Waals surface area contributed by atoms with Crippen LogP contribution < -0.4 is 15.4 Å². The number of hydrogen-bond acceptors (Lipinski definition) is 4. The maximum Gasteiger partial charge on any atom is 0.315 e. The highest BCUT2D eigenvalue weighted by atomic mass is 16.5. The fourth-order valence-electron chi connectivity index (χ4n) is 1.95. The van der Waals surface area contributed by atoms with E-state index in [0.29, 0.717) is 19.7 Å². The fourth-order valence-corrected chi connectivity index (χ4v) is 1.95. The van der Waals surface area contributed by atoms with Crippen LogP contribution in [0.2, 0.25) is 0 Å². The average molecular weight is 303 g/mol. The molecule has 2 N–H and O–H groups in total. The largest absolute Gasteiger partial charge is 0.492 e. The van der Waals surface area contributed by atoms with E-state index in [1.54, 1.807) is 0 Å². The lowest BCUT2D eigenvalue weighted by Gasteiger charge is -2.09. The van der Waals surface area contributed by atoms with Crippen molar-refractivity contribution in [2.75, 3.05) is 13.2 Å². The molecule has 0 bridgehead atoms. The van der Waals surface area contributed by atoms with Gasteiger partial charge in [0.2, 0.25) is 0 Å². The van der Waals surface area contributed by atoms with E-state index in [4.69, 9.17) is 9.26 Å². The van der Waals surface area contributed by atoms with Gasteiger partial charge in [-0.3, -0.25) is 0 Å². The Labute approximate surface area is 129 Å². The lowest BCUT2D eigenvalue weighted by Crippen LogP contribution is -2.37. The van der Waals surface area contributed by atoms with Crippen LogP contribution in [0.1, 0.15) is 22.6 Å². The van der Waals surface area contributed by atoms with Crippen LogP contribution in [0.5, 0.6) is 5.75 Å². The molecule has 0 saturated heterocycles. The van der Waals surface area contributed by atoms with Gasteiger partial charge in [0.25, 0.3) is 0 Å². The SMILES string of the molecule is Cc1ccc(OCCNC(=O)NCc2c(C)noc2C)cc1. The van der Waals surface area contributed by atoms with E-state index < -0.39 is 0 Å². The van der Waals surface area contributed by atoms with Gasteiger partial charge in [0.05, 0.1) is 12.2 Å². The highest BCUT2D eigenvalue weighted by molar-refractivity contribution is 5.73. The summed E-state index contributed by atoms with van der Waals surface area (Å²) < 4.78 is 10.6. The second-order valence-electron chi connectivity index (χ2n) is 5.07. The van der Waals surface area contributed by atoms with E-state index in [-0.39, 0.29) is 6.03 Å². The zero-order valence-corrected chi connectivity index (χ0v) is 13.1. The van der Waals surface area contributed by atoms with E-state index in [2.05, 4.69) is 15.8 Å². The Balaban J connectivity index is 1.65. The molecule has 1 aromatic heterocycles. The van der Waals surface area contributed by atoms with Crippen molar-refractivity contribution < 1.29 is 14.1 Å². The molecule has 0 unspecified atom stereocenters. The van der Waals surface area contributed by atoms with Crippen molar-refractivity contribution >= 4 is 6.03 Å². The van der Waals surface area contributed by atoms with Gasteiger partial charge in [-0.15, -0.1) is 0 Å². The van der Waals surface area contributed by atoms with E-state index >= 15 is 0 Å². The van der Waals surface area contributed by atoms with E-state index in [9.17, 15) is 4.79 Å². The van der Waals surface area contributed by atoms with Crippen molar-refractivity contribution in [1.82, 2.24) is 15.8 Å². The number of benzene rings is 1. The van der Waals surface area contributed by atoms with Gasteiger partial charge in [-0.05, 0) is 32.9 Å². The number of carbonyl (C=O) groups is 1. The first kappa shape index (κ1) is 15.9. The minimum Gasteiger partial charge on any atom is -0.492 e. The molecule has 22 heavy (non-hydrogen) atoms. The molecular weight excluding hydrogens is 282 g/mol. The van der Waals surface area contributed by atoms with Crippen LogP contribution in [0.3, 0.4) is 0 Å². The summed E-state index contributed by atoms with van der Waals surface area (Å²) in [5.74, 6) is 1.52. The van der Waals surface area contributed by atoms with Gasteiger partial charge in [0, 0.05) is 12.1 Å². The minimum absolute atomic E-state index is 0.243. The summed E-state index contributed by atoms with van der Waals surface area (Å²) in [7, 11) is 0. The number of aromatic nitrogens is 1. The van der Waals surface area contributed by atoms with Crippen molar-refractivity contribution in [2.24, 2.45) is 0 Å². The number of ether oxygens (including phenoxy) is 1. The van der Waals surface area contributed by atoms with Crippen LogP contribution in [0.25, 0.3) is 0 Å². The molecule has 0 radical (unpaired) electrons. The summed E-state index contributed by atoms with van der Waals surface area (Å²) in [6.07, 6.45) is 0. The monoisotopic (exact) mass is 303 g/mol. The fraction of sp³-hybridized carbons (Fsp3) is 0.375. The van der Waals surface area contributed by atoms with E-state index in [1.165, 1.54) is 5.56 Å². The van der Waals surface area contributed by atoms with Gasteiger partial charge in [-0.25, -0.2) is 4.79 Å². The summed E-state index contributed by atoms with van der Waals surface area (Å²) in [4.78, 5) is 11.7. The zero-order valence-electron chi connectivity index (χ0n) is 13.1. The molecule has 2 amide bonds. The van der Waals surface area contributed by atoms with Crippen LogP contribution in [-0.4, -0.2) is 24.3 Å². The first-order chi connectivity index (χ1) is 10.6. The van der Waals surface area contributed by atoms with E-state index in [1.807, 2.05) is 45.0 Å². The maximum absolute atomic E-state index is 11.7. The second kappa shape index (κ2) is 7.49. The first-order valence-electron chi connectivity index (χ1n) is 7.19. The van der Waals surface area contributed by atoms with Gasteiger partial charge in [-0.2, -0.15) is 0 Å². The molecule has 6 nitrogen and oxygen atoms in total. The van der Waals surface area contributed by atoms with Crippen molar-refractivity contribution in [3.63, 3.8) is 0 Å². The molecular formula is C16H21N3O3. The molecule has 0 aliphatic rings.